The minimum atomic E-state index is -8.15. The summed E-state index contributed by atoms with van der Waals surface area (Å²) in [6, 6.07) is 0. The second kappa shape index (κ2) is 10.1. The first-order chi connectivity index (χ1) is 17.1. The fourth-order valence-corrected chi connectivity index (χ4v) is 3.11. The van der Waals surface area contributed by atoms with E-state index in [2.05, 4.69) is 4.74 Å². The molecular weight excluding hydrogens is 658 g/mol. The highest BCUT2D eigenvalue weighted by Gasteiger charge is 2.86. The summed E-state index contributed by atoms with van der Waals surface area (Å²) in [5.74, 6) is -13.8. The van der Waals surface area contributed by atoms with Gasteiger partial charge in [0, 0.05) is 10.8 Å². The van der Waals surface area contributed by atoms with Crippen molar-refractivity contribution >= 4 is 10.2 Å². The first-order valence-electron chi connectivity index (χ1n) is 9.88. The summed E-state index contributed by atoms with van der Waals surface area (Å²) in [7, 11) is -8.14. The predicted molar refractivity (Wildman–Crippen MR) is 95.6 cm³/mol. The maximum absolute atomic E-state index is 15.6. The number of alkyl halides is 17. The Kier molecular flexibility index (Phi) is 9.71. The van der Waals surface area contributed by atoms with E-state index in [9.17, 15) is 82.6 Å². The molecule has 0 radical (unpaired) electrons. The van der Waals surface area contributed by atoms with Crippen LogP contribution < -0.4 is 0 Å². The van der Waals surface area contributed by atoms with Gasteiger partial charge in [-0.3, -0.25) is 0 Å². The van der Waals surface area contributed by atoms with Gasteiger partial charge in [-0.15, -0.1) is 13.2 Å². The van der Waals surface area contributed by atoms with Crippen LogP contribution >= 0.6 is 0 Å². The molecule has 0 spiro atoms. The van der Waals surface area contributed by atoms with Crippen LogP contribution in [0.4, 0.5) is 78.5 Å². The summed E-state index contributed by atoms with van der Waals surface area (Å²) in [6.45, 7) is 1.10. The van der Waals surface area contributed by atoms with Gasteiger partial charge < -0.3 is 0 Å². The average molecular weight is 676 g/mol. The molecule has 0 saturated heterocycles. The molecule has 5 nitrogen and oxygen atoms in total. The molecule has 0 aliphatic rings. The smallest absolute Gasteiger partial charge is 0.248 e. The third-order valence-electron chi connectivity index (χ3n) is 4.97. The van der Waals surface area contributed by atoms with Gasteiger partial charge in [-0.2, -0.15) is 56.7 Å². The summed E-state index contributed by atoms with van der Waals surface area (Å²) in [5, 5.41) is -7.63. The lowest BCUT2D eigenvalue weighted by Gasteiger charge is -2.51. The van der Waals surface area contributed by atoms with E-state index in [0.717, 1.165) is 0 Å². The lowest BCUT2D eigenvalue weighted by atomic mass is 9.66. The van der Waals surface area contributed by atoms with E-state index >= 15 is 4.39 Å². The van der Waals surface area contributed by atoms with Gasteiger partial charge in [-0.05, 0) is 0 Å². The van der Waals surface area contributed by atoms with Crippen LogP contribution in [0.25, 0.3) is 0 Å². The highest BCUT2D eigenvalue weighted by Crippen LogP contribution is 2.63. The SMILES string of the molecule is CC(C)(C)C(F)(F)C(F)(C(C)(C)C)C(F)(F)OC(F)(F)C(F)(OC(F)(F)F)C(F)(F)OC(F)(F)C(F)(F)S(=O)(=O)F. The van der Waals surface area contributed by atoms with Gasteiger partial charge >= 0.3 is 52.1 Å². The third-order valence-corrected chi connectivity index (χ3v) is 5.82. The zero-order valence-corrected chi connectivity index (χ0v) is 21.6. The summed E-state index contributed by atoms with van der Waals surface area (Å²) < 4.78 is 275. The number of ether oxygens (including phenoxy) is 3. The van der Waals surface area contributed by atoms with Crippen molar-refractivity contribution in [2.24, 2.45) is 10.8 Å². The molecule has 41 heavy (non-hydrogen) atoms. The van der Waals surface area contributed by atoms with E-state index in [0.29, 0.717) is 0 Å². The maximum atomic E-state index is 15.6. The molecule has 0 aromatic heterocycles. The highest BCUT2D eigenvalue weighted by atomic mass is 32.3. The van der Waals surface area contributed by atoms with Crippen molar-refractivity contribution in [2.75, 3.05) is 0 Å². The van der Waals surface area contributed by atoms with Crippen molar-refractivity contribution in [1.29, 1.82) is 0 Å². The van der Waals surface area contributed by atoms with E-state index < -0.39 is 74.6 Å². The van der Waals surface area contributed by atoms with Gasteiger partial charge in [0.15, 0.2) is 0 Å². The van der Waals surface area contributed by atoms with Crippen LogP contribution in [0.15, 0.2) is 0 Å². The molecular formula is C17H18F18O5S. The molecule has 0 aliphatic carbocycles. The minimum absolute atomic E-state index is 0.0920. The van der Waals surface area contributed by atoms with Gasteiger partial charge in [0.05, 0.1) is 0 Å². The molecule has 0 fully saturated rings. The van der Waals surface area contributed by atoms with E-state index in [4.69, 9.17) is 0 Å². The molecule has 2 unspecified atom stereocenters. The van der Waals surface area contributed by atoms with Crippen LogP contribution in [0.5, 0.6) is 0 Å². The molecule has 0 aromatic carbocycles. The fourth-order valence-electron chi connectivity index (χ4n) is 2.78. The normalized spacial score (nSPS) is 19.1. The molecule has 0 aliphatic heterocycles. The van der Waals surface area contributed by atoms with E-state index in [1.807, 2.05) is 0 Å². The monoisotopic (exact) mass is 676 g/mol. The van der Waals surface area contributed by atoms with E-state index in [-0.39, 0.29) is 41.5 Å². The van der Waals surface area contributed by atoms with Crippen molar-refractivity contribution in [3.8, 4) is 0 Å². The molecule has 0 N–H and O–H groups in total. The molecule has 2 atom stereocenters. The third kappa shape index (κ3) is 6.58. The molecule has 0 aromatic rings. The zero-order chi connectivity index (χ0) is 34.1. The Morgan fingerprint density at radius 2 is 0.780 bits per heavy atom. The molecule has 0 rings (SSSR count). The summed E-state index contributed by atoms with van der Waals surface area (Å²) >= 11 is 0. The Morgan fingerprint density at radius 3 is 1.02 bits per heavy atom. The highest BCUT2D eigenvalue weighted by molar-refractivity contribution is 7.87. The molecule has 0 amide bonds. The van der Waals surface area contributed by atoms with Crippen molar-refractivity contribution in [3.05, 3.63) is 0 Å². The Labute approximate surface area is 218 Å². The zero-order valence-electron chi connectivity index (χ0n) is 20.8. The molecule has 0 heterocycles. The standard InChI is InChI=1S/C17H18F18O5S/c1-7(2,3)9(18,10(19,20)8(4,5)6)12(22,23)39-13(24,25)11(21,38-17(32,33)34)14(26,27)40-15(28,29)16(30,31)41(35,36)37/h1-6H3. The van der Waals surface area contributed by atoms with Crippen LogP contribution in [0.1, 0.15) is 41.5 Å². The Hall–Kier alpha value is -1.43. The predicted octanol–water partition coefficient (Wildman–Crippen LogP) is 7.92. The first-order valence-corrected chi connectivity index (χ1v) is 11.3. The second-order valence-electron chi connectivity index (χ2n) is 10.1. The van der Waals surface area contributed by atoms with Crippen LogP contribution in [-0.4, -0.2) is 61.9 Å². The maximum Gasteiger partial charge on any atom is 0.525 e. The first kappa shape index (κ1) is 39.6. The number of halogens is 18. The number of hydrogen-bond donors (Lipinski definition) is 0. The Balaban J connectivity index is 7.40. The van der Waals surface area contributed by atoms with Gasteiger partial charge in [-0.1, -0.05) is 45.4 Å². The lowest BCUT2D eigenvalue weighted by molar-refractivity contribution is -0.579. The fraction of sp³-hybridized carbons (Fsp3) is 1.00. The Morgan fingerprint density at radius 1 is 0.463 bits per heavy atom. The van der Waals surface area contributed by atoms with Gasteiger partial charge in [0.25, 0.3) is 11.6 Å². The topological polar surface area (TPSA) is 61.8 Å². The van der Waals surface area contributed by atoms with Crippen LogP contribution in [0.2, 0.25) is 0 Å². The van der Waals surface area contributed by atoms with Gasteiger partial charge in [0.1, 0.15) is 0 Å². The minimum Gasteiger partial charge on any atom is -0.248 e. The number of rotatable bonds is 11. The van der Waals surface area contributed by atoms with Crippen molar-refractivity contribution in [2.45, 2.75) is 95.0 Å². The van der Waals surface area contributed by atoms with Crippen molar-refractivity contribution in [1.82, 2.24) is 0 Å². The van der Waals surface area contributed by atoms with Gasteiger partial charge in [-0.25, -0.2) is 27.4 Å². The second-order valence-corrected chi connectivity index (χ2v) is 11.5. The summed E-state index contributed by atoms with van der Waals surface area (Å²) in [5.41, 5.74) is -12.4. The quantitative estimate of drug-likeness (QED) is 0.165. The van der Waals surface area contributed by atoms with E-state index in [1.165, 1.54) is 9.47 Å². The Bertz CT molecular complexity index is 1060. The lowest BCUT2D eigenvalue weighted by Crippen LogP contribution is -2.72. The molecule has 24 heteroatoms. The van der Waals surface area contributed by atoms with Crippen molar-refractivity contribution < 1.29 is 101 Å². The molecule has 0 bridgehead atoms. The van der Waals surface area contributed by atoms with Crippen LogP contribution in [-0.2, 0) is 24.4 Å². The molecule has 248 valence electrons. The largest absolute Gasteiger partial charge is 0.525 e. The van der Waals surface area contributed by atoms with Crippen LogP contribution in [0, 0.1) is 10.8 Å². The van der Waals surface area contributed by atoms with Crippen LogP contribution in [0.3, 0.4) is 0 Å². The molecule has 0 saturated carbocycles. The average Bonchev–Trinajstić information content (AvgIpc) is 2.60. The van der Waals surface area contributed by atoms with Gasteiger partial charge in [0.2, 0.25) is 0 Å². The number of hydrogen-bond acceptors (Lipinski definition) is 5. The summed E-state index contributed by atoms with van der Waals surface area (Å²) in [6.07, 6.45) is -38.5. The van der Waals surface area contributed by atoms with Crippen molar-refractivity contribution in [3.63, 3.8) is 0 Å². The van der Waals surface area contributed by atoms with E-state index in [1.54, 1.807) is 0 Å². The summed E-state index contributed by atoms with van der Waals surface area (Å²) in [4.78, 5) is 0.